The molecule has 104 valence electrons. The molecule has 3 nitrogen and oxygen atoms in total. The van der Waals surface area contributed by atoms with Crippen molar-refractivity contribution in [3.63, 3.8) is 0 Å². The van der Waals surface area contributed by atoms with Gasteiger partial charge in [0, 0.05) is 22.4 Å². The van der Waals surface area contributed by atoms with Gasteiger partial charge in [-0.15, -0.1) is 11.3 Å². The first kappa shape index (κ1) is 13.1. The molecule has 4 heteroatoms. The first-order valence-electron chi connectivity index (χ1n) is 7.14. The van der Waals surface area contributed by atoms with Gasteiger partial charge in [-0.25, -0.2) is 0 Å². The number of fused-ring (bicyclic) bond motifs is 2. The molecule has 1 aromatic heterocycles. The quantitative estimate of drug-likeness (QED) is 0.919. The SMILES string of the molecule is CC[C@@]1(CO)C[C@@H]2CC[C@H]1N2C(=O)Cc1cccs1. The van der Waals surface area contributed by atoms with Crippen LogP contribution in [-0.4, -0.2) is 34.6 Å². The second-order valence-corrected chi connectivity index (χ2v) is 6.91. The van der Waals surface area contributed by atoms with Gasteiger partial charge in [-0.2, -0.15) is 0 Å². The molecule has 0 aromatic carbocycles. The molecule has 3 atom stereocenters. The van der Waals surface area contributed by atoms with Crippen molar-refractivity contribution in [2.24, 2.45) is 5.41 Å². The molecule has 0 aliphatic carbocycles. The monoisotopic (exact) mass is 279 g/mol. The molecule has 2 aliphatic heterocycles. The lowest BCUT2D eigenvalue weighted by Gasteiger charge is -2.34. The fourth-order valence-corrected chi connectivity index (χ4v) is 4.68. The summed E-state index contributed by atoms with van der Waals surface area (Å²) >= 11 is 1.65. The van der Waals surface area contributed by atoms with Gasteiger partial charge in [0.25, 0.3) is 0 Å². The van der Waals surface area contributed by atoms with Crippen LogP contribution in [0.4, 0.5) is 0 Å². The maximum atomic E-state index is 12.5. The minimum atomic E-state index is -0.0337. The Morgan fingerprint density at radius 1 is 1.58 bits per heavy atom. The highest BCUT2D eigenvalue weighted by Crippen LogP contribution is 2.51. The number of thiophene rings is 1. The van der Waals surface area contributed by atoms with Crippen molar-refractivity contribution < 1.29 is 9.90 Å². The highest BCUT2D eigenvalue weighted by Gasteiger charge is 2.55. The first-order chi connectivity index (χ1) is 9.20. The molecule has 0 unspecified atom stereocenters. The average Bonchev–Trinajstić information content (AvgIpc) is 3.12. The Morgan fingerprint density at radius 2 is 2.42 bits per heavy atom. The third-order valence-corrected chi connectivity index (χ3v) is 5.94. The summed E-state index contributed by atoms with van der Waals surface area (Å²) in [5, 5.41) is 11.8. The van der Waals surface area contributed by atoms with Crippen molar-refractivity contribution >= 4 is 17.2 Å². The van der Waals surface area contributed by atoms with Crippen LogP contribution < -0.4 is 0 Å². The highest BCUT2D eigenvalue weighted by atomic mass is 32.1. The minimum absolute atomic E-state index is 0.0337. The molecule has 1 N–H and O–H groups in total. The van der Waals surface area contributed by atoms with E-state index in [1.165, 1.54) is 0 Å². The Bertz CT molecular complexity index is 453. The standard InChI is InChI=1S/C15H21NO2S/c1-2-15(10-17)9-11-5-6-13(15)16(11)14(18)8-12-4-3-7-19-12/h3-4,7,11,13,17H,2,5-6,8-10H2,1H3/t11-,13+,15-/m0/s1. The summed E-state index contributed by atoms with van der Waals surface area (Å²) in [5.41, 5.74) is -0.0337. The zero-order valence-corrected chi connectivity index (χ0v) is 12.2. The van der Waals surface area contributed by atoms with E-state index in [9.17, 15) is 9.90 Å². The van der Waals surface area contributed by atoms with Crippen LogP contribution in [0.2, 0.25) is 0 Å². The van der Waals surface area contributed by atoms with Crippen LogP contribution >= 0.6 is 11.3 Å². The Balaban J connectivity index is 1.77. The third kappa shape index (κ3) is 2.01. The summed E-state index contributed by atoms with van der Waals surface area (Å²) in [4.78, 5) is 15.8. The summed E-state index contributed by atoms with van der Waals surface area (Å²) in [6.45, 7) is 2.35. The fourth-order valence-electron chi connectivity index (χ4n) is 3.98. The van der Waals surface area contributed by atoms with Crippen molar-refractivity contribution in [1.82, 2.24) is 4.90 Å². The van der Waals surface area contributed by atoms with Gasteiger partial charge in [-0.3, -0.25) is 4.79 Å². The Morgan fingerprint density at radius 3 is 3.00 bits per heavy atom. The van der Waals surface area contributed by atoms with Crippen molar-refractivity contribution in [3.8, 4) is 0 Å². The largest absolute Gasteiger partial charge is 0.396 e. The van der Waals surface area contributed by atoms with Gasteiger partial charge in [-0.05, 0) is 37.1 Å². The Hall–Kier alpha value is -0.870. The number of aliphatic hydroxyl groups excluding tert-OH is 1. The molecule has 3 rings (SSSR count). The van der Waals surface area contributed by atoms with Crippen LogP contribution in [0.5, 0.6) is 0 Å². The molecule has 0 saturated carbocycles. The summed E-state index contributed by atoms with van der Waals surface area (Å²) in [6.07, 6.45) is 4.65. The molecule has 2 fully saturated rings. The van der Waals surface area contributed by atoms with E-state index in [1.807, 2.05) is 17.5 Å². The summed E-state index contributed by atoms with van der Waals surface area (Å²) in [6, 6.07) is 4.65. The zero-order chi connectivity index (χ0) is 13.5. The molecule has 19 heavy (non-hydrogen) atoms. The molecule has 1 aromatic rings. The lowest BCUT2D eigenvalue weighted by atomic mass is 9.72. The third-order valence-electron chi connectivity index (χ3n) is 5.06. The Kier molecular flexibility index (Phi) is 3.39. The van der Waals surface area contributed by atoms with E-state index in [2.05, 4.69) is 11.8 Å². The van der Waals surface area contributed by atoms with Gasteiger partial charge in [0.2, 0.25) is 5.91 Å². The van der Waals surface area contributed by atoms with Gasteiger partial charge >= 0.3 is 0 Å². The van der Waals surface area contributed by atoms with Crippen molar-refractivity contribution in [1.29, 1.82) is 0 Å². The summed E-state index contributed by atoms with van der Waals surface area (Å²) < 4.78 is 0. The maximum Gasteiger partial charge on any atom is 0.228 e. The number of hydrogen-bond acceptors (Lipinski definition) is 3. The topological polar surface area (TPSA) is 40.5 Å². The van der Waals surface area contributed by atoms with Gasteiger partial charge < -0.3 is 10.0 Å². The molecule has 1 amide bonds. The number of nitrogens with zero attached hydrogens (tertiary/aromatic N) is 1. The Labute approximate surface area is 118 Å². The number of rotatable bonds is 4. The van der Waals surface area contributed by atoms with Crippen LogP contribution in [0.3, 0.4) is 0 Å². The van der Waals surface area contributed by atoms with E-state index < -0.39 is 0 Å². The van der Waals surface area contributed by atoms with Gasteiger partial charge in [0.15, 0.2) is 0 Å². The number of carbonyl (C=O) groups excluding carboxylic acids is 1. The molecule has 0 spiro atoms. The van der Waals surface area contributed by atoms with Crippen LogP contribution in [0, 0.1) is 5.41 Å². The predicted octanol–water partition coefficient (Wildman–Crippen LogP) is 2.44. The van der Waals surface area contributed by atoms with E-state index >= 15 is 0 Å². The number of aliphatic hydroxyl groups is 1. The van der Waals surface area contributed by atoms with Crippen LogP contribution in [-0.2, 0) is 11.2 Å². The van der Waals surface area contributed by atoms with E-state index in [-0.39, 0.29) is 24.0 Å². The number of amides is 1. The molecule has 2 saturated heterocycles. The second-order valence-electron chi connectivity index (χ2n) is 5.88. The molecular weight excluding hydrogens is 258 g/mol. The van der Waals surface area contributed by atoms with Crippen molar-refractivity contribution in [3.05, 3.63) is 22.4 Å². The molecule has 3 heterocycles. The number of hydrogen-bond donors (Lipinski definition) is 1. The van der Waals surface area contributed by atoms with Crippen molar-refractivity contribution in [2.45, 2.75) is 51.1 Å². The summed E-state index contributed by atoms with van der Waals surface area (Å²) in [5.74, 6) is 0.249. The number of carbonyl (C=O) groups is 1. The van der Waals surface area contributed by atoms with Crippen LogP contribution in [0.25, 0.3) is 0 Å². The fraction of sp³-hybridized carbons (Fsp3) is 0.667. The molecular formula is C15H21NO2S. The normalized spacial score (nSPS) is 33.1. The maximum absolute atomic E-state index is 12.5. The van der Waals surface area contributed by atoms with Crippen LogP contribution in [0.15, 0.2) is 17.5 Å². The van der Waals surface area contributed by atoms with E-state index in [0.29, 0.717) is 12.5 Å². The van der Waals surface area contributed by atoms with Gasteiger partial charge in [0.1, 0.15) is 0 Å². The van der Waals surface area contributed by atoms with Gasteiger partial charge in [0.05, 0.1) is 13.0 Å². The first-order valence-corrected chi connectivity index (χ1v) is 8.02. The highest BCUT2D eigenvalue weighted by molar-refractivity contribution is 7.10. The lowest BCUT2D eigenvalue weighted by Crippen LogP contribution is -2.42. The molecule has 0 radical (unpaired) electrons. The lowest BCUT2D eigenvalue weighted by molar-refractivity contribution is -0.132. The molecule has 2 aliphatic rings. The zero-order valence-electron chi connectivity index (χ0n) is 11.3. The van der Waals surface area contributed by atoms with E-state index in [1.54, 1.807) is 11.3 Å². The predicted molar refractivity (Wildman–Crippen MR) is 76.1 cm³/mol. The molecule has 2 bridgehead atoms. The van der Waals surface area contributed by atoms with Gasteiger partial charge in [-0.1, -0.05) is 13.0 Å². The van der Waals surface area contributed by atoms with E-state index in [4.69, 9.17) is 0 Å². The van der Waals surface area contributed by atoms with Crippen molar-refractivity contribution in [2.75, 3.05) is 6.61 Å². The van der Waals surface area contributed by atoms with E-state index in [0.717, 1.165) is 30.6 Å². The van der Waals surface area contributed by atoms with Crippen LogP contribution in [0.1, 0.15) is 37.5 Å². The average molecular weight is 279 g/mol. The minimum Gasteiger partial charge on any atom is -0.396 e. The second kappa shape index (κ2) is 4.91. The smallest absolute Gasteiger partial charge is 0.228 e. The summed E-state index contributed by atoms with van der Waals surface area (Å²) in [7, 11) is 0.